The first-order valence-electron chi connectivity index (χ1n) is 8.90. The molecule has 1 saturated heterocycles. The van der Waals surface area contributed by atoms with Crippen LogP contribution in [0.2, 0.25) is 0 Å². The number of benzene rings is 1. The zero-order valence-electron chi connectivity index (χ0n) is 15.1. The predicted octanol–water partition coefficient (Wildman–Crippen LogP) is 3.16. The molecule has 1 fully saturated rings. The number of aromatic nitrogens is 2. The van der Waals surface area contributed by atoms with Crippen molar-refractivity contribution in [2.75, 3.05) is 18.4 Å². The predicted molar refractivity (Wildman–Crippen MR) is 102 cm³/mol. The Labute approximate surface area is 158 Å². The highest BCUT2D eigenvalue weighted by Crippen LogP contribution is 2.27. The molecule has 2 heterocycles. The molecule has 0 aliphatic carbocycles. The highest BCUT2D eigenvalue weighted by atomic mass is 32.2. The van der Waals surface area contributed by atoms with Crippen LogP contribution >= 0.6 is 11.8 Å². The summed E-state index contributed by atoms with van der Waals surface area (Å²) in [5.41, 5.74) is 0.776. The fourth-order valence-electron chi connectivity index (χ4n) is 3.05. The molecule has 3 rings (SSSR count). The third kappa shape index (κ3) is 4.46. The second kappa shape index (κ2) is 8.40. The molecule has 26 heavy (non-hydrogen) atoms. The first kappa shape index (κ1) is 18.5. The molecule has 1 unspecified atom stereocenters. The lowest BCUT2D eigenvalue weighted by Crippen LogP contribution is -2.43. The van der Waals surface area contributed by atoms with Crippen molar-refractivity contribution < 1.29 is 9.59 Å². The molecule has 2 aromatic rings. The van der Waals surface area contributed by atoms with Crippen LogP contribution in [0.3, 0.4) is 0 Å². The van der Waals surface area contributed by atoms with Gasteiger partial charge in [0.2, 0.25) is 11.8 Å². The summed E-state index contributed by atoms with van der Waals surface area (Å²) in [4.78, 5) is 31.6. The zero-order valence-corrected chi connectivity index (χ0v) is 16.0. The number of hydrogen-bond acceptors (Lipinski definition) is 4. The summed E-state index contributed by atoms with van der Waals surface area (Å²) < 4.78 is 1.97. The number of rotatable bonds is 5. The molecule has 2 amide bonds. The van der Waals surface area contributed by atoms with Gasteiger partial charge in [0.05, 0.1) is 5.92 Å². The van der Waals surface area contributed by atoms with Crippen molar-refractivity contribution in [3.63, 3.8) is 0 Å². The van der Waals surface area contributed by atoms with Crippen LogP contribution < -0.4 is 5.32 Å². The summed E-state index contributed by atoms with van der Waals surface area (Å²) in [6, 6.07) is 7.76. The van der Waals surface area contributed by atoms with Crippen LogP contribution in [0, 0.1) is 5.92 Å². The summed E-state index contributed by atoms with van der Waals surface area (Å²) >= 11 is 1.58. The summed E-state index contributed by atoms with van der Waals surface area (Å²) in [5, 5.41) is 3.90. The van der Waals surface area contributed by atoms with Crippen LogP contribution in [-0.2, 0) is 16.6 Å². The second-order valence-electron chi connectivity index (χ2n) is 6.47. The van der Waals surface area contributed by atoms with Crippen molar-refractivity contribution in [1.82, 2.24) is 14.5 Å². The summed E-state index contributed by atoms with van der Waals surface area (Å²) in [7, 11) is 1.96. The van der Waals surface area contributed by atoms with Gasteiger partial charge < -0.3 is 14.8 Å². The van der Waals surface area contributed by atoms with Crippen LogP contribution in [-0.4, -0.2) is 39.4 Å². The Morgan fingerprint density at radius 1 is 1.31 bits per heavy atom. The van der Waals surface area contributed by atoms with Gasteiger partial charge in [-0.25, -0.2) is 4.98 Å². The Morgan fingerprint density at radius 2 is 2.08 bits per heavy atom. The maximum Gasteiger partial charge on any atom is 0.229 e. The Kier molecular flexibility index (Phi) is 5.98. The molecule has 0 spiro atoms. The van der Waals surface area contributed by atoms with E-state index in [0.717, 1.165) is 35.1 Å². The van der Waals surface area contributed by atoms with Gasteiger partial charge in [0, 0.05) is 49.5 Å². The Bertz CT molecular complexity index is 772. The van der Waals surface area contributed by atoms with E-state index in [1.165, 1.54) is 0 Å². The van der Waals surface area contributed by atoms with Crippen molar-refractivity contribution in [3.05, 3.63) is 36.7 Å². The first-order valence-corrected chi connectivity index (χ1v) is 9.72. The fraction of sp³-hybridized carbons (Fsp3) is 0.421. The van der Waals surface area contributed by atoms with Gasteiger partial charge in [-0.05, 0) is 37.1 Å². The summed E-state index contributed by atoms with van der Waals surface area (Å²) in [5.74, 6) is -0.0258. The van der Waals surface area contributed by atoms with Gasteiger partial charge in [-0.2, -0.15) is 0 Å². The number of carbonyl (C=O) groups is 2. The van der Waals surface area contributed by atoms with E-state index in [4.69, 9.17) is 0 Å². The van der Waals surface area contributed by atoms with E-state index in [2.05, 4.69) is 10.3 Å². The number of likely N-dealkylation sites (tertiary alicyclic amines) is 1. The lowest BCUT2D eigenvalue weighted by molar-refractivity contribution is -0.134. The van der Waals surface area contributed by atoms with Crippen molar-refractivity contribution in [2.45, 2.75) is 36.2 Å². The van der Waals surface area contributed by atoms with Gasteiger partial charge in [-0.1, -0.05) is 18.7 Å². The van der Waals surface area contributed by atoms with Gasteiger partial charge >= 0.3 is 0 Å². The molecule has 1 aliphatic heterocycles. The number of carbonyl (C=O) groups excluding carboxylic acids is 2. The minimum atomic E-state index is -0.138. The molecule has 6 nitrogen and oxygen atoms in total. The highest BCUT2D eigenvalue weighted by molar-refractivity contribution is 7.99. The average molecular weight is 372 g/mol. The largest absolute Gasteiger partial charge is 0.342 e. The molecule has 1 aromatic carbocycles. The molecule has 138 valence electrons. The average Bonchev–Trinajstić information content (AvgIpc) is 3.07. The molecule has 0 bridgehead atoms. The van der Waals surface area contributed by atoms with E-state index in [1.54, 1.807) is 22.9 Å². The molecule has 7 heteroatoms. The molecular weight excluding hydrogens is 348 g/mol. The van der Waals surface area contributed by atoms with Gasteiger partial charge in [0.25, 0.3) is 0 Å². The van der Waals surface area contributed by atoms with E-state index in [-0.39, 0.29) is 17.7 Å². The van der Waals surface area contributed by atoms with E-state index >= 15 is 0 Å². The zero-order chi connectivity index (χ0) is 18.5. The van der Waals surface area contributed by atoms with E-state index in [9.17, 15) is 9.59 Å². The SMILES string of the molecule is CCC(=O)N1CCCC(C(=O)Nc2ccc(Sc3nccn3C)cc2)C1. The third-order valence-electron chi connectivity index (χ3n) is 4.56. The second-order valence-corrected chi connectivity index (χ2v) is 7.51. The lowest BCUT2D eigenvalue weighted by atomic mass is 9.96. The summed E-state index contributed by atoms with van der Waals surface area (Å²) in [6.07, 6.45) is 5.88. The van der Waals surface area contributed by atoms with Crippen LogP contribution in [0.25, 0.3) is 0 Å². The molecular formula is C19H24N4O2S. The normalized spacial score (nSPS) is 17.2. The molecule has 0 radical (unpaired) electrons. The Balaban J connectivity index is 1.57. The number of hydrogen-bond donors (Lipinski definition) is 1. The molecule has 1 aliphatic rings. The minimum absolute atomic E-state index is 0.0110. The number of piperidine rings is 1. The fourth-order valence-corrected chi connectivity index (χ4v) is 3.85. The topological polar surface area (TPSA) is 67.2 Å². The maximum atomic E-state index is 12.5. The van der Waals surface area contributed by atoms with Crippen molar-refractivity contribution >= 4 is 29.3 Å². The number of nitrogens with one attached hydrogen (secondary N) is 1. The van der Waals surface area contributed by atoms with Crippen molar-refractivity contribution in [3.8, 4) is 0 Å². The highest BCUT2D eigenvalue weighted by Gasteiger charge is 2.27. The first-order chi connectivity index (χ1) is 12.6. The van der Waals surface area contributed by atoms with Gasteiger partial charge in [-0.3, -0.25) is 9.59 Å². The molecule has 1 aromatic heterocycles. The number of anilines is 1. The molecule has 1 atom stereocenters. The Hall–Kier alpha value is -2.28. The van der Waals surface area contributed by atoms with Crippen LogP contribution in [0.15, 0.2) is 46.7 Å². The smallest absolute Gasteiger partial charge is 0.229 e. The maximum absolute atomic E-state index is 12.5. The van der Waals surface area contributed by atoms with Crippen molar-refractivity contribution in [1.29, 1.82) is 0 Å². The standard InChI is InChI=1S/C19H24N4O2S/c1-3-17(24)23-11-4-5-14(13-23)18(25)21-15-6-8-16(9-7-15)26-19-20-10-12-22(19)2/h6-10,12,14H,3-5,11,13H2,1-2H3,(H,21,25). The number of nitrogens with zero attached hydrogens (tertiary/aromatic N) is 3. The van der Waals surface area contributed by atoms with Crippen LogP contribution in [0.1, 0.15) is 26.2 Å². The molecule has 0 saturated carbocycles. The van der Waals surface area contributed by atoms with Crippen LogP contribution in [0.5, 0.6) is 0 Å². The van der Waals surface area contributed by atoms with E-state index in [0.29, 0.717) is 13.0 Å². The number of aryl methyl sites for hydroxylation is 1. The quantitative estimate of drug-likeness (QED) is 0.875. The monoisotopic (exact) mass is 372 g/mol. The van der Waals surface area contributed by atoms with Crippen LogP contribution in [0.4, 0.5) is 5.69 Å². The minimum Gasteiger partial charge on any atom is -0.342 e. The molecule has 1 N–H and O–H groups in total. The van der Waals surface area contributed by atoms with Gasteiger partial charge in [-0.15, -0.1) is 0 Å². The van der Waals surface area contributed by atoms with Gasteiger partial charge in [0.1, 0.15) is 0 Å². The lowest BCUT2D eigenvalue weighted by Gasteiger charge is -2.31. The summed E-state index contributed by atoms with van der Waals surface area (Å²) in [6.45, 7) is 3.14. The third-order valence-corrected chi connectivity index (χ3v) is 5.64. The van der Waals surface area contributed by atoms with E-state index < -0.39 is 0 Å². The number of amides is 2. The van der Waals surface area contributed by atoms with Gasteiger partial charge in [0.15, 0.2) is 5.16 Å². The number of imidazole rings is 1. The Morgan fingerprint density at radius 3 is 2.73 bits per heavy atom. The van der Waals surface area contributed by atoms with E-state index in [1.807, 2.05) is 49.0 Å². The van der Waals surface area contributed by atoms with Crippen molar-refractivity contribution in [2.24, 2.45) is 13.0 Å².